The molecule has 4 atom stereocenters. The third-order valence-corrected chi connectivity index (χ3v) is 6.54. The molecule has 3 fully saturated rings. The van der Waals surface area contributed by atoms with Crippen molar-refractivity contribution in [3.8, 4) is 0 Å². The smallest absolute Gasteiger partial charge is 0.222 e. The molecule has 0 aliphatic carbocycles. The molecule has 1 aromatic rings. The summed E-state index contributed by atoms with van der Waals surface area (Å²) < 4.78 is 24.3. The fourth-order valence-corrected chi connectivity index (χ4v) is 4.98. The molecule has 0 radical (unpaired) electrons. The number of hydrogen-bond acceptors (Lipinski definition) is 4. The number of aryl methyl sites for hydroxylation is 1. The molecule has 0 unspecified atom stereocenters. The summed E-state index contributed by atoms with van der Waals surface area (Å²) in [5.74, 6) is -0.178. The van der Waals surface area contributed by atoms with Gasteiger partial charge in [-0.25, -0.2) is 4.39 Å². The number of carbonyl (C=O) groups excluding carboxylic acids is 1. The van der Waals surface area contributed by atoms with Gasteiger partial charge in [0, 0.05) is 50.5 Å². The Balaban J connectivity index is 1.40. The van der Waals surface area contributed by atoms with Crippen molar-refractivity contribution >= 4 is 5.91 Å². The Kier molecular flexibility index (Phi) is 5.48. The maximum Gasteiger partial charge on any atom is 0.222 e. The second kappa shape index (κ2) is 7.86. The monoisotopic (exact) mass is 377 g/mol. The van der Waals surface area contributed by atoms with Crippen molar-refractivity contribution < 1.29 is 23.8 Å². The van der Waals surface area contributed by atoms with Crippen LogP contribution in [-0.4, -0.2) is 60.5 Å². The molecular formula is C21H28FNO4. The topological polar surface area (TPSA) is 59.0 Å². The van der Waals surface area contributed by atoms with Gasteiger partial charge in [-0.15, -0.1) is 0 Å². The number of piperidine rings is 1. The molecule has 4 rings (SSSR count). The number of nitrogens with zero attached hydrogens (tertiary/aromatic N) is 1. The highest BCUT2D eigenvalue weighted by atomic mass is 19.1. The Labute approximate surface area is 159 Å². The van der Waals surface area contributed by atoms with Gasteiger partial charge >= 0.3 is 0 Å². The van der Waals surface area contributed by atoms with Crippen LogP contribution in [0.5, 0.6) is 0 Å². The van der Waals surface area contributed by atoms with Crippen molar-refractivity contribution in [3.05, 3.63) is 35.6 Å². The second-order valence-corrected chi connectivity index (χ2v) is 8.08. The predicted molar refractivity (Wildman–Crippen MR) is 97.6 cm³/mol. The molecule has 1 aromatic carbocycles. The van der Waals surface area contributed by atoms with Crippen LogP contribution in [0.25, 0.3) is 0 Å². The number of likely N-dealkylation sites (tertiary alicyclic amines) is 1. The van der Waals surface area contributed by atoms with Gasteiger partial charge in [0.25, 0.3) is 0 Å². The van der Waals surface area contributed by atoms with Crippen LogP contribution < -0.4 is 0 Å². The lowest BCUT2D eigenvalue weighted by Gasteiger charge is -2.57. The minimum Gasteiger partial charge on any atom is -0.389 e. The third kappa shape index (κ3) is 3.75. The van der Waals surface area contributed by atoms with Crippen LogP contribution in [-0.2, 0) is 20.7 Å². The van der Waals surface area contributed by atoms with E-state index in [0.717, 1.165) is 24.8 Å². The van der Waals surface area contributed by atoms with E-state index in [9.17, 15) is 14.3 Å². The van der Waals surface area contributed by atoms with Crippen LogP contribution >= 0.6 is 0 Å². The highest BCUT2D eigenvalue weighted by Gasteiger charge is 2.56. The minimum atomic E-state index is -0.784. The zero-order valence-electron chi connectivity index (χ0n) is 15.6. The summed E-state index contributed by atoms with van der Waals surface area (Å²) in [6, 6.07) is 6.51. The standard InChI is InChI=1S/C21H28FNO4/c22-17-6-4-15(5-7-17)2-1-3-20(24)23-12-16-13-27-11-9-21(16,25)18-14-26-10-8-19(18)23/h4-7,16,18-19,25H,1-3,8-14H2/t16-,18+,19+,21-/m0/s1. The summed E-state index contributed by atoms with van der Waals surface area (Å²) in [5, 5.41) is 11.3. The summed E-state index contributed by atoms with van der Waals surface area (Å²) in [6.07, 6.45) is 3.36. The molecule has 3 heterocycles. The first-order valence-corrected chi connectivity index (χ1v) is 10.00. The summed E-state index contributed by atoms with van der Waals surface area (Å²) in [6.45, 7) is 2.78. The van der Waals surface area contributed by atoms with Gasteiger partial charge in [0.15, 0.2) is 0 Å². The van der Waals surface area contributed by atoms with E-state index >= 15 is 0 Å². The Bertz CT molecular complexity index is 667. The number of carbonyl (C=O) groups is 1. The van der Waals surface area contributed by atoms with Crippen molar-refractivity contribution in [3.63, 3.8) is 0 Å². The highest BCUT2D eigenvalue weighted by molar-refractivity contribution is 5.77. The molecule has 1 amide bonds. The zero-order chi connectivity index (χ0) is 18.9. The van der Waals surface area contributed by atoms with Gasteiger partial charge in [-0.05, 0) is 37.0 Å². The van der Waals surface area contributed by atoms with Crippen LogP contribution in [0.4, 0.5) is 4.39 Å². The number of amides is 1. The van der Waals surface area contributed by atoms with E-state index in [2.05, 4.69) is 0 Å². The van der Waals surface area contributed by atoms with Crippen molar-refractivity contribution in [1.82, 2.24) is 4.90 Å². The van der Waals surface area contributed by atoms with Gasteiger partial charge in [-0.1, -0.05) is 12.1 Å². The number of benzene rings is 1. The van der Waals surface area contributed by atoms with Gasteiger partial charge in [0.1, 0.15) is 5.82 Å². The van der Waals surface area contributed by atoms with Gasteiger partial charge < -0.3 is 19.5 Å². The Morgan fingerprint density at radius 3 is 2.81 bits per heavy atom. The van der Waals surface area contributed by atoms with Crippen molar-refractivity contribution in [1.29, 1.82) is 0 Å². The average Bonchev–Trinajstić information content (AvgIpc) is 2.69. The van der Waals surface area contributed by atoms with Crippen molar-refractivity contribution in [2.75, 3.05) is 33.0 Å². The normalized spacial score (nSPS) is 33.3. The van der Waals surface area contributed by atoms with E-state index in [-0.39, 0.29) is 29.6 Å². The van der Waals surface area contributed by atoms with Crippen molar-refractivity contribution in [2.45, 2.75) is 43.7 Å². The van der Waals surface area contributed by atoms with Gasteiger partial charge in [-0.3, -0.25) is 4.79 Å². The first kappa shape index (κ1) is 18.8. The SMILES string of the molecule is O=C(CCCc1ccc(F)cc1)N1C[C@H]2COCC[C@@]2(O)[C@@H]2COCC[C@H]21. The summed E-state index contributed by atoms with van der Waals surface area (Å²) in [5.41, 5.74) is 0.260. The summed E-state index contributed by atoms with van der Waals surface area (Å²) >= 11 is 0. The molecule has 3 aliphatic heterocycles. The highest BCUT2D eigenvalue weighted by Crippen LogP contribution is 2.44. The summed E-state index contributed by atoms with van der Waals surface area (Å²) in [4.78, 5) is 15.0. The molecule has 0 bridgehead atoms. The first-order valence-electron chi connectivity index (χ1n) is 10.00. The molecule has 148 valence electrons. The number of halogens is 1. The maximum absolute atomic E-state index is 13.0. The van der Waals surface area contributed by atoms with Gasteiger partial charge in [-0.2, -0.15) is 0 Å². The molecule has 27 heavy (non-hydrogen) atoms. The third-order valence-electron chi connectivity index (χ3n) is 6.54. The largest absolute Gasteiger partial charge is 0.389 e. The zero-order valence-corrected chi connectivity index (χ0v) is 15.6. The van der Waals surface area contributed by atoms with E-state index in [4.69, 9.17) is 9.47 Å². The van der Waals surface area contributed by atoms with Gasteiger partial charge in [0.2, 0.25) is 5.91 Å². The lowest BCUT2D eigenvalue weighted by molar-refractivity contribution is -0.219. The number of fused-ring (bicyclic) bond motifs is 3. The number of rotatable bonds is 4. The molecule has 1 N–H and O–H groups in total. The van der Waals surface area contributed by atoms with Crippen molar-refractivity contribution in [2.24, 2.45) is 11.8 Å². The average molecular weight is 377 g/mol. The van der Waals surface area contributed by atoms with E-state index in [1.165, 1.54) is 12.1 Å². The molecule has 0 saturated carbocycles. The fraction of sp³-hybridized carbons (Fsp3) is 0.667. The number of ether oxygens (including phenoxy) is 2. The first-order chi connectivity index (χ1) is 13.1. The Hall–Kier alpha value is -1.50. The quantitative estimate of drug-likeness (QED) is 0.874. The Morgan fingerprint density at radius 2 is 2.00 bits per heavy atom. The molecule has 3 saturated heterocycles. The van der Waals surface area contributed by atoms with Gasteiger partial charge in [0.05, 0.1) is 18.8 Å². The molecule has 0 spiro atoms. The molecule has 0 aromatic heterocycles. The molecule has 5 nitrogen and oxygen atoms in total. The lowest BCUT2D eigenvalue weighted by Crippen LogP contribution is -2.68. The Morgan fingerprint density at radius 1 is 1.22 bits per heavy atom. The van der Waals surface area contributed by atoms with E-state index in [1.54, 1.807) is 12.1 Å². The van der Waals surface area contributed by atoms with E-state index in [0.29, 0.717) is 45.8 Å². The molecule has 6 heteroatoms. The van der Waals surface area contributed by atoms with Crippen LogP contribution in [0.15, 0.2) is 24.3 Å². The molecular weight excluding hydrogens is 349 g/mol. The van der Waals surface area contributed by atoms with Crippen LogP contribution in [0.3, 0.4) is 0 Å². The fourth-order valence-electron chi connectivity index (χ4n) is 4.98. The summed E-state index contributed by atoms with van der Waals surface area (Å²) in [7, 11) is 0. The number of hydrogen-bond donors (Lipinski definition) is 1. The predicted octanol–water partition coefficient (Wildman–Crippen LogP) is 2.16. The maximum atomic E-state index is 13.0. The minimum absolute atomic E-state index is 0.0325. The van der Waals surface area contributed by atoms with Crippen LogP contribution in [0.1, 0.15) is 31.2 Å². The van der Waals surface area contributed by atoms with E-state index < -0.39 is 5.60 Å². The molecule has 3 aliphatic rings. The number of aliphatic hydroxyl groups is 1. The van der Waals surface area contributed by atoms with Crippen LogP contribution in [0.2, 0.25) is 0 Å². The second-order valence-electron chi connectivity index (χ2n) is 8.08. The lowest BCUT2D eigenvalue weighted by atomic mass is 9.66. The van der Waals surface area contributed by atoms with Crippen LogP contribution in [0, 0.1) is 17.7 Å². The van der Waals surface area contributed by atoms with E-state index in [1.807, 2.05) is 4.90 Å².